The molecular formula is C16H19ClN2O2. The average Bonchev–Trinajstić information content (AvgIpc) is 3.26. The number of nitrogens with one attached hydrogen (secondary N) is 1. The van der Waals surface area contributed by atoms with Crippen molar-refractivity contribution in [3.63, 3.8) is 0 Å². The molecule has 1 saturated carbocycles. The molecule has 1 heterocycles. The Morgan fingerprint density at radius 1 is 1.33 bits per heavy atom. The SMILES string of the molecule is Cc1ccc(N2CCC(=O)NC(C)(C3CC3)C2=O)cc1Cl. The predicted octanol–water partition coefficient (Wildman–Crippen LogP) is 2.67. The van der Waals surface area contributed by atoms with Gasteiger partial charge in [0.15, 0.2) is 0 Å². The minimum absolute atomic E-state index is 0.0317. The number of carbonyl (C=O) groups is 2. The van der Waals surface area contributed by atoms with E-state index >= 15 is 0 Å². The zero-order valence-corrected chi connectivity index (χ0v) is 13.0. The minimum Gasteiger partial charge on any atom is -0.342 e. The Bertz CT molecular complexity index is 612. The Balaban J connectivity index is 1.98. The second kappa shape index (κ2) is 5.02. The topological polar surface area (TPSA) is 49.4 Å². The van der Waals surface area contributed by atoms with E-state index in [1.807, 2.05) is 26.0 Å². The molecule has 1 aliphatic carbocycles. The standard InChI is InChI=1S/C16H19ClN2O2/c1-10-3-6-12(9-13(10)17)19-8-7-14(20)18-16(2,15(19)21)11-4-5-11/h3,6,9,11H,4-5,7-8H2,1-2H3,(H,18,20). The number of carbonyl (C=O) groups excluding carboxylic acids is 2. The number of nitrogens with zero attached hydrogens (tertiary/aromatic N) is 1. The average molecular weight is 307 g/mol. The fourth-order valence-electron chi connectivity index (χ4n) is 2.93. The first kappa shape index (κ1) is 14.4. The molecule has 0 spiro atoms. The molecule has 1 N–H and O–H groups in total. The zero-order valence-electron chi connectivity index (χ0n) is 12.3. The summed E-state index contributed by atoms with van der Waals surface area (Å²) in [6.07, 6.45) is 2.30. The first-order chi connectivity index (χ1) is 9.91. The zero-order chi connectivity index (χ0) is 15.2. The van der Waals surface area contributed by atoms with E-state index in [1.54, 1.807) is 11.0 Å². The molecule has 1 aromatic rings. The molecular weight excluding hydrogens is 288 g/mol. The highest BCUT2D eigenvalue weighted by Crippen LogP contribution is 2.42. The summed E-state index contributed by atoms with van der Waals surface area (Å²) in [5.41, 5.74) is 0.950. The lowest BCUT2D eigenvalue weighted by molar-refractivity contribution is -0.130. The third kappa shape index (κ3) is 2.53. The molecule has 2 fully saturated rings. The van der Waals surface area contributed by atoms with E-state index in [4.69, 9.17) is 11.6 Å². The molecule has 2 amide bonds. The van der Waals surface area contributed by atoms with Crippen LogP contribution in [0.1, 0.15) is 31.7 Å². The number of anilines is 1. The summed E-state index contributed by atoms with van der Waals surface area (Å²) >= 11 is 6.18. The molecule has 1 aromatic carbocycles. The van der Waals surface area contributed by atoms with Gasteiger partial charge in [0.1, 0.15) is 5.54 Å². The van der Waals surface area contributed by atoms with Crippen LogP contribution < -0.4 is 10.2 Å². The molecule has 1 saturated heterocycles. The summed E-state index contributed by atoms with van der Waals surface area (Å²) in [7, 11) is 0. The highest BCUT2D eigenvalue weighted by atomic mass is 35.5. The molecule has 112 valence electrons. The fourth-order valence-corrected chi connectivity index (χ4v) is 3.11. The van der Waals surface area contributed by atoms with E-state index in [2.05, 4.69) is 5.32 Å². The summed E-state index contributed by atoms with van der Waals surface area (Å²) in [5.74, 6) is 0.157. The summed E-state index contributed by atoms with van der Waals surface area (Å²) in [6.45, 7) is 4.17. The van der Waals surface area contributed by atoms with Crippen molar-refractivity contribution >= 4 is 29.1 Å². The van der Waals surface area contributed by atoms with Crippen LogP contribution in [-0.4, -0.2) is 23.9 Å². The molecule has 1 aliphatic heterocycles. The Morgan fingerprint density at radius 3 is 2.67 bits per heavy atom. The van der Waals surface area contributed by atoms with Gasteiger partial charge in [-0.05, 0) is 50.3 Å². The molecule has 4 nitrogen and oxygen atoms in total. The summed E-state index contributed by atoms with van der Waals surface area (Å²) in [6, 6.07) is 5.60. The van der Waals surface area contributed by atoms with Crippen LogP contribution in [0.25, 0.3) is 0 Å². The van der Waals surface area contributed by atoms with Crippen molar-refractivity contribution in [2.45, 2.75) is 38.6 Å². The van der Waals surface area contributed by atoms with Gasteiger partial charge in [0.25, 0.3) is 5.91 Å². The van der Waals surface area contributed by atoms with Crippen molar-refractivity contribution in [3.8, 4) is 0 Å². The first-order valence-electron chi connectivity index (χ1n) is 7.31. The Morgan fingerprint density at radius 2 is 2.05 bits per heavy atom. The normalized spacial score (nSPS) is 26.5. The Labute approximate surface area is 129 Å². The number of benzene rings is 1. The van der Waals surface area contributed by atoms with E-state index < -0.39 is 5.54 Å². The van der Waals surface area contributed by atoms with E-state index in [9.17, 15) is 9.59 Å². The molecule has 0 radical (unpaired) electrons. The predicted molar refractivity (Wildman–Crippen MR) is 82.4 cm³/mol. The van der Waals surface area contributed by atoms with Crippen molar-refractivity contribution in [1.82, 2.24) is 5.32 Å². The van der Waals surface area contributed by atoms with Gasteiger partial charge in [-0.1, -0.05) is 17.7 Å². The van der Waals surface area contributed by atoms with Gasteiger partial charge >= 0.3 is 0 Å². The lowest BCUT2D eigenvalue weighted by atomic mass is 9.94. The highest BCUT2D eigenvalue weighted by Gasteiger charge is 2.51. The van der Waals surface area contributed by atoms with Crippen molar-refractivity contribution in [2.24, 2.45) is 5.92 Å². The smallest absolute Gasteiger partial charge is 0.252 e. The number of amides is 2. The maximum absolute atomic E-state index is 13.0. The molecule has 21 heavy (non-hydrogen) atoms. The van der Waals surface area contributed by atoms with Crippen molar-refractivity contribution in [2.75, 3.05) is 11.4 Å². The maximum Gasteiger partial charge on any atom is 0.252 e. The summed E-state index contributed by atoms with van der Waals surface area (Å²) in [5, 5.41) is 3.57. The summed E-state index contributed by atoms with van der Waals surface area (Å²) < 4.78 is 0. The number of hydrogen-bond acceptors (Lipinski definition) is 2. The number of rotatable bonds is 2. The van der Waals surface area contributed by atoms with Gasteiger partial charge in [0, 0.05) is 23.7 Å². The van der Waals surface area contributed by atoms with Crippen LogP contribution in [0.2, 0.25) is 5.02 Å². The largest absolute Gasteiger partial charge is 0.342 e. The third-order valence-corrected chi connectivity index (χ3v) is 4.92. The van der Waals surface area contributed by atoms with Gasteiger partial charge in [-0.15, -0.1) is 0 Å². The third-order valence-electron chi connectivity index (χ3n) is 4.51. The lowest BCUT2D eigenvalue weighted by Crippen LogP contribution is -2.56. The Kier molecular flexibility index (Phi) is 3.44. The van der Waals surface area contributed by atoms with E-state index in [0.29, 0.717) is 18.0 Å². The van der Waals surface area contributed by atoms with Gasteiger partial charge < -0.3 is 10.2 Å². The Hall–Kier alpha value is -1.55. The quantitative estimate of drug-likeness (QED) is 0.913. The van der Waals surface area contributed by atoms with Crippen LogP contribution in [0, 0.1) is 12.8 Å². The van der Waals surface area contributed by atoms with E-state index in [0.717, 1.165) is 24.1 Å². The monoisotopic (exact) mass is 306 g/mol. The van der Waals surface area contributed by atoms with Crippen molar-refractivity contribution in [3.05, 3.63) is 28.8 Å². The number of aryl methyl sites for hydroxylation is 1. The minimum atomic E-state index is -0.787. The van der Waals surface area contributed by atoms with Crippen LogP contribution in [0.3, 0.4) is 0 Å². The number of hydrogen-bond donors (Lipinski definition) is 1. The molecule has 0 bridgehead atoms. The molecule has 3 rings (SSSR count). The van der Waals surface area contributed by atoms with Crippen molar-refractivity contribution < 1.29 is 9.59 Å². The van der Waals surface area contributed by atoms with Gasteiger partial charge in [-0.25, -0.2) is 0 Å². The van der Waals surface area contributed by atoms with Gasteiger partial charge in [-0.2, -0.15) is 0 Å². The van der Waals surface area contributed by atoms with E-state index in [-0.39, 0.29) is 17.7 Å². The van der Waals surface area contributed by atoms with Gasteiger partial charge in [0.05, 0.1) is 0 Å². The highest BCUT2D eigenvalue weighted by molar-refractivity contribution is 6.31. The second-order valence-electron chi connectivity index (χ2n) is 6.17. The fraction of sp³-hybridized carbons (Fsp3) is 0.500. The van der Waals surface area contributed by atoms with Crippen molar-refractivity contribution in [1.29, 1.82) is 0 Å². The lowest BCUT2D eigenvalue weighted by Gasteiger charge is -2.32. The van der Waals surface area contributed by atoms with Crippen LogP contribution in [0.15, 0.2) is 18.2 Å². The van der Waals surface area contributed by atoms with Gasteiger partial charge in [0.2, 0.25) is 5.91 Å². The maximum atomic E-state index is 13.0. The van der Waals surface area contributed by atoms with Gasteiger partial charge in [-0.3, -0.25) is 9.59 Å². The summed E-state index contributed by atoms with van der Waals surface area (Å²) in [4.78, 5) is 26.6. The van der Waals surface area contributed by atoms with Crippen LogP contribution in [0.5, 0.6) is 0 Å². The molecule has 1 unspecified atom stereocenters. The number of halogens is 1. The van der Waals surface area contributed by atoms with Crippen LogP contribution in [-0.2, 0) is 9.59 Å². The van der Waals surface area contributed by atoms with Crippen LogP contribution in [0.4, 0.5) is 5.69 Å². The molecule has 2 aliphatic rings. The van der Waals surface area contributed by atoms with E-state index in [1.165, 1.54) is 0 Å². The first-order valence-corrected chi connectivity index (χ1v) is 7.69. The molecule has 0 aromatic heterocycles. The van der Waals surface area contributed by atoms with Crippen LogP contribution >= 0.6 is 11.6 Å². The second-order valence-corrected chi connectivity index (χ2v) is 6.57. The molecule has 5 heteroatoms. The molecule has 1 atom stereocenters.